The molecule has 182 valence electrons. The molecule has 0 aliphatic rings. The fraction of sp³-hybridized carbons (Fsp3) is 0.136. The summed E-state index contributed by atoms with van der Waals surface area (Å²) in [6.07, 6.45) is 0. The largest absolute Gasteiger partial charge is 0.465 e. The van der Waals surface area contributed by atoms with Crippen LogP contribution in [-0.4, -0.2) is 48.2 Å². The van der Waals surface area contributed by atoms with Crippen LogP contribution in [0.3, 0.4) is 0 Å². The quantitative estimate of drug-likeness (QED) is 0.142. The maximum atomic E-state index is 13.0. The number of hydrogen-bond donors (Lipinski definition) is 6. The predicted octanol–water partition coefficient (Wildman–Crippen LogP) is 0.524. The smallest absolute Gasteiger partial charge is 0.337 e. The Balaban J connectivity index is 2.57. The Bertz CT molecular complexity index is 1290. The highest BCUT2D eigenvalue weighted by molar-refractivity contribution is 6.11. The summed E-state index contributed by atoms with van der Waals surface area (Å²) in [5, 5.41) is 17.7. The minimum atomic E-state index is -0.822. The zero-order chi connectivity index (χ0) is 26.3. The lowest BCUT2D eigenvalue weighted by molar-refractivity contribution is 0.0600. The van der Waals surface area contributed by atoms with Crippen LogP contribution >= 0.6 is 0 Å². The summed E-state index contributed by atoms with van der Waals surface area (Å²) in [6, 6.07) is 8.64. The minimum Gasteiger partial charge on any atom is -0.465 e. The number of ether oxygens (including phenoxy) is 1. The molecule has 0 saturated heterocycles. The summed E-state index contributed by atoms with van der Waals surface area (Å²) in [7, 11) is 1.17. The van der Waals surface area contributed by atoms with Gasteiger partial charge in [-0.1, -0.05) is 0 Å². The molecule has 13 heteroatoms. The fourth-order valence-electron chi connectivity index (χ4n) is 2.89. The SMILES string of the molecule is COC(=O)c1cc(C(N)=O)cc(C(=O)Nc2cc(/C(C)=N/N=C(N)N)cc(/C(C)=N/C(=N)N)c2)c1. The maximum Gasteiger partial charge on any atom is 0.337 e. The number of methoxy groups -OCH3 is 1. The van der Waals surface area contributed by atoms with Gasteiger partial charge >= 0.3 is 5.97 Å². The number of rotatable bonds is 7. The number of esters is 1. The van der Waals surface area contributed by atoms with E-state index < -0.39 is 23.7 Å². The van der Waals surface area contributed by atoms with Crippen molar-refractivity contribution in [2.75, 3.05) is 12.4 Å². The van der Waals surface area contributed by atoms with Crippen LogP contribution in [-0.2, 0) is 4.74 Å². The van der Waals surface area contributed by atoms with Crippen molar-refractivity contribution in [3.63, 3.8) is 0 Å². The second-order valence-corrected chi connectivity index (χ2v) is 7.20. The minimum absolute atomic E-state index is 0.00586. The monoisotopic (exact) mass is 479 g/mol. The first-order valence-corrected chi connectivity index (χ1v) is 9.94. The molecule has 0 saturated carbocycles. The van der Waals surface area contributed by atoms with Crippen molar-refractivity contribution in [2.45, 2.75) is 13.8 Å². The van der Waals surface area contributed by atoms with Crippen molar-refractivity contribution >= 4 is 46.8 Å². The van der Waals surface area contributed by atoms with Crippen LogP contribution in [0.5, 0.6) is 0 Å². The van der Waals surface area contributed by atoms with Gasteiger partial charge in [-0.3, -0.25) is 15.0 Å². The number of benzene rings is 2. The van der Waals surface area contributed by atoms with E-state index in [1.807, 2.05) is 0 Å². The molecule has 2 amide bonds. The van der Waals surface area contributed by atoms with Crippen molar-refractivity contribution in [2.24, 2.45) is 38.1 Å². The molecule has 10 N–H and O–H groups in total. The van der Waals surface area contributed by atoms with Crippen LogP contribution in [0.2, 0.25) is 0 Å². The summed E-state index contributed by atoms with van der Waals surface area (Å²) < 4.78 is 4.67. The molecule has 2 aromatic rings. The normalized spacial score (nSPS) is 11.4. The van der Waals surface area contributed by atoms with Crippen molar-refractivity contribution in [3.8, 4) is 0 Å². The second kappa shape index (κ2) is 11.2. The Kier molecular flexibility index (Phi) is 8.36. The van der Waals surface area contributed by atoms with Gasteiger partial charge in [0.1, 0.15) is 0 Å². The first-order chi connectivity index (χ1) is 16.4. The van der Waals surface area contributed by atoms with E-state index in [9.17, 15) is 14.4 Å². The summed E-state index contributed by atoms with van der Waals surface area (Å²) in [4.78, 5) is 40.6. The van der Waals surface area contributed by atoms with Crippen molar-refractivity contribution in [3.05, 3.63) is 64.2 Å². The number of carbonyl (C=O) groups excluding carboxylic acids is 3. The van der Waals surface area contributed by atoms with E-state index in [0.29, 0.717) is 28.2 Å². The van der Waals surface area contributed by atoms with E-state index in [2.05, 4.69) is 25.2 Å². The van der Waals surface area contributed by atoms with Crippen LogP contribution in [0.25, 0.3) is 0 Å². The Morgan fingerprint density at radius 1 is 0.800 bits per heavy atom. The average Bonchev–Trinajstić information content (AvgIpc) is 2.80. The van der Waals surface area contributed by atoms with Crippen molar-refractivity contribution < 1.29 is 19.1 Å². The number of carbonyl (C=O) groups is 3. The number of primary amides is 1. The highest BCUT2D eigenvalue weighted by atomic mass is 16.5. The van der Waals surface area contributed by atoms with Crippen LogP contribution in [0, 0.1) is 5.41 Å². The van der Waals surface area contributed by atoms with E-state index in [-0.39, 0.29) is 22.6 Å². The molecule has 0 aromatic heterocycles. The van der Waals surface area contributed by atoms with Crippen LogP contribution in [0.15, 0.2) is 51.6 Å². The van der Waals surface area contributed by atoms with Gasteiger partial charge in [-0.2, -0.15) is 5.10 Å². The number of anilines is 1. The number of amides is 2. The van der Waals surface area contributed by atoms with Crippen LogP contribution in [0.4, 0.5) is 5.69 Å². The molecule has 0 aliphatic carbocycles. The third-order valence-electron chi connectivity index (χ3n) is 4.53. The average molecular weight is 480 g/mol. The highest BCUT2D eigenvalue weighted by Crippen LogP contribution is 2.20. The Morgan fingerprint density at radius 2 is 1.34 bits per heavy atom. The van der Waals surface area contributed by atoms with E-state index in [4.69, 9.17) is 28.3 Å². The molecular weight excluding hydrogens is 454 g/mol. The zero-order valence-corrected chi connectivity index (χ0v) is 19.2. The molecule has 0 heterocycles. The Labute approximate surface area is 200 Å². The van der Waals surface area contributed by atoms with Crippen molar-refractivity contribution in [1.29, 1.82) is 5.41 Å². The lowest BCUT2D eigenvalue weighted by Gasteiger charge is -2.12. The molecule has 35 heavy (non-hydrogen) atoms. The topological polar surface area (TPSA) is 237 Å². The lowest BCUT2D eigenvalue weighted by atomic mass is 10.0. The molecule has 0 fully saturated rings. The molecule has 0 atom stereocenters. The molecule has 0 aliphatic heterocycles. The van der Waals surface area contributed by atoms with Gasteiger partial charge in [0.05, 0.1) is 18.4 Å². The van der Waals surface area contributed by atoms with Gasteiger partial charge in [-0.25, -0.2) is 9.79 Å². The van der Waals surface area contributed by atoms with Gasteiger partial charge in [0.25, 0.3) is 5.91 Å². The summed E-state index contributed by atoms with van der Waals surface area (Å²) in [5.74, 6) is -2.84. The van der Waals surface area contributed by atoms with Crippen molar-refractivity contribution in [1.82, 2.24) is 0 Å². The third kappa shape index (κ3) is 7.21. The Morgan fingerprint density at radius 3 is 1.89 bits per heavy atom. The Hall–Kier alpha value is -5.07. The van der Waals surface area contributed by atoms with Gasteiger partial charge in [0, 0.05) is 28.1 Å². The number of hydrogen-bond acceptors (Lipinski definition) is 7. The fourth-order valence-corrected chi connectivity index (χ4v) is 2.89. The summed E-state index contributed by atoms with van der Waals surface area (Å²) in [5.41, 5.74) is 23.5. The molecule has 0 radical (unpaired) electrons. The number of nitrogens with zero attached hydrogens (tertiary/aromatic N) is 3. The van der Waals surface area contributed by atoms with Crippen LogP contribution < -0.4 is 28.3 Å². The van der Waals surface area contributed by atoms with Gasteiger partial charge < -0.3 is 33.0 Å². The van der Waals surface area contributed by atoms with Gasteiger partial charge in [-0.15, -0.1) is 5.10 Å². The highest BCUT2D eigenvalue weighted by Gasteiger charge is 2.17. The number of aliphatic imine (C=N–C) groups is 1. The standard InChI is InChI=1S/C22H25N9O4/c1-10(28-21(24)25)12-4-13(11(2)30-31-22(26)27)9-17(8-12)29-19(33)15-5-14(18(23)32)6-16(7-15)20(34)35-3/h4-9H,1-3H3,(H2,23,32)(H3,24,25)(H,29,33)(H4,26,27,31)/b28-10+,30-11+. The van der Waals surface area contributed by atoms with E-state index in [1.165, 1.54) is 25.3 Å². The first-order valence-electron chi connectivity index (χ1n) is 9.94. The summed E-state index contributed by atoms with van der Waals surface area (Å²) in [6.45, 7) is 3.28. The first kappa shape index (κ1) is 26.2. The second-order valence-electron chi connectivity index (χ2n) is 7.20. The third-order valence-corrected chi connectivity index (χ3v) is 4.53. The lowest BCUT2D eigenvalue weighted by Crippen LogP contribution is -2.22. The number of guanidine groups is 2. The van der Waals surface area contributed by atoms with Crippen LogP contribution in [0.1, 0.15) is 56.0 Å². The maximum absolute atomic E-state index is 13.0. The van der Waals surface area contributed by atoms with Gasteiger partial charge in [0.15, 0.2) is 0 Å². The molecule has 2 rings (SSSR count). The predicted molar refractivity (Wildman–Crippen MR) is 133 cm³/mol. The summed E-state index contributed by atoms with van der Waals surface area (Å²) >= 11 is 0. The molecule has 0 unspecified atom stereocenters. The zero-order valence-electron chi connectivity index (χ0n) is 19.2. The molecule has 0 spiro atoms. The molecular formula is C22H25N9O4. The van der Waals surface area contributed by atoms with E-state index in [1.54, 1.807) is 32.0 Å². The molecule has 2 aromatic carbocycles. The molecule has 13 nitrogen and oxygen atoms in total. The van der Waals surface area contributed by atoms with Gasteiger partial charge in [0.2, 0.25) is 17.8 Å². The van der Waals surface area contributed by atoms with E-state index >= 15 is 0 Å². The number of nitrogens with two attached hydrogens (primary N) is 4. The molecule has 0 bridgehead atoms. The van der Waals surface area contributed by atoms with Gasteiger partial charge in [-0.05, 0) is 55.8 Å². The van der Waals surface area contributed by atoms with E-state index in [0.717, 1.165) is 0 Å². The number of nitrogens with one attached hydrogen (secondary N) is 2.